The van der Waals surface area contributed by atoms with Crippen molar-refractivity contribution in [3.63, 3.8) is 0 Å². The van der Waals surface area contributed by atoms with Crippen molar-refractivity contribution in [3.8, 4) is 11.4 Å². The van der Waals surface area contributed by atoms with Crippen molar-refractivity contribution >= 4 is 21.6 Å². The Balaban J connectivity index is 1.56. The van der Waals surface area contributed by atoms with E-state index in [9.17, 15) is 12.8 Å². The summed E-state index contributed by atoms with van der Waals surface area (Å²) in [4.78, 5) is 4.49. The molecule has 0 saturated carbocycles. The normalized spacial score (nSPS) is 18.3. The third kappa shape index (κ3) is 3.67. The van der Waals surface area contributed by atoms with Crippen LogP contribution >= 0.6 is 11.6 Å². The number of halogens is 2. The van der Waals surface area contributed by atoms with Gasteiger partial charge in [-0.25, -0.2) is 12.8 Å². The van der Waals surface area contributed by atoms with Crippen molar-refractivity contribution < 1.29 is 17.3 Å². The highest BCUT2D eigenvalue weighted by atomic mass is 35.5. The van der Waals surface area contributed by atoms with Gasteiger partial charge in [0.1, 0.15) is 10.7 Å². The molecule has 1 fully saturated rings. The summed E-state index contributed by atoms with van der Waals surface area (Å²) in [5.41, 5.74) is 0.632. The lowest BCUT2D eigenvalue weighted by molar-refractivity contribution is 0.265. The van der Waals surface area contributed by atoms with Gasteiger partial charge in [-0.3, -0.25) is 0 Å². The average molecular weight is 422 g/mol. The summed E-state index contributed by atoms with van der Waals surface area (Å²) in [6.07, 6.45) is 1.40. The van der Waals surface area contributed by atoms with Crippen molar-refractivity contribution in [2.24, 2.45) is 0 Å². The Labute approximate surface area is 167 Å². The van der Waals surface area contributed by atoms with Gasteiger partial charge in [0.25, 0.3) is 0 Å². The summed E-state index contributed by atoms with van der Waals surface area (Å²) in [7, 11) is -3.71. The molecule has 2 heterocycles. The van der Waals surface area contributed by atoms with Crippen LogP contribution in [-0.4, -0.2) is 36.0 Å². The highest BCUT2D eigenvalue weighted by molar-refractivity contribution is 7.89. The molecule has 1 aromatic heterocycles. The Morgan fingerprint density at radius 2 is 1.89 bits per heavy atom. The second-order valence-corrected chi connectivity index (χ2v) is 8.91. The van der Waals surface area contributed by atoms with Crippen LogP contribution in [0.5, 0.6) is 0 Å². The fraction of sp³-hybridized carbons (Fsp3) is 0.263. The van der Waals surface area contributed by atoms with Crippen LogP contribution in [0.15, 0.2) is 57.9 Å². The van der Waals surface area contributed by atoms with Crippen molar-refractivity contribution in [3.05, 3.63) is 65.3 Å². The number of nitrogens with zero attached hydrogens (tertiary/aromatic N) is 3. The van der Waals surface area contributed by atoms with E-state index in [1.807, 2.05) is 0 Å². The number of hydrogen-bond acceptors (Lipinski definition) is 5. The predicted octanol–water partition coefficient (Wildman–Crippen LogP) is 4.10. The Morgan fingerprint density at radius 3 is 2.64 bits per heavy atom. The predicted molar refractivity (Wildman–Crippen MR) is 102 cm³/mol. The summed E-state index contributed by atoms with van der Waals surface area (Å²) in [6.45, 7) is 0.640. The zero-order valence-electron chi connectivity index (χ0n) is 14.8. The first-order valence-electron chi connectivity index (χ1n) is 8.79. The van der Waals surface area contributed by atoms with E-state index in [-0.39, 0.29) is 28.2 Å². The molecule has 0 unspecified atom stereocenters. The molecule has 6 nitrogen and oxygen atoms in total. The number of hydrogen-bond donors (Lipinski definition) is 0. The number of benzene rings is 2. The van der Waals surface area contributed by atoms with Gasteiger partial charge < -0.3 is 4.52 Å². The smallest absolute Gasteiger partial charge is 0.244 e. The molecule has 1 atom stereocenters. The summed E-state index contributed by atoms with van der Waals surface area (Å²) in [6, 6.07) is 12.2. The van der Waals surface area contributed by atoms with Crippen molar-refractivity contribution in [1.29, 1.82) is 0 Å². The molecule has 0 bridgehead atoms. The molecule has 1 saturated heterocycles. The van der Waals surface area contributed by atoms with Gasteiger partial charge in [-0.1, -0.05) is 28.9 Å². The third-order valence-corrected chi connectivity index (χ3v) is 7.10. The van der Waals surface area contributed by atoms with Crippen molar-refractivity contribution in [2.75, 3.05) is 13.1 Å². The van der Waals surface area contributed by atoms with E-state index in [1.165, 1.54) is 22.5 Å². The van der Waals surface area contributed by atoms with Gasteiger partial charge in [0, 0.05) is 18.7 Å². The molecular formula is C19H17ClFN3O3S. The minimum atomic E-state index is -3.71. The maximum Gasteiger partial charge on any atom is 0.244 e. The lowest BCUT2D eigenvalue weighted by atomic mass is 10.00. The number of aromatic nitrogens is 2. The molecule has 4 rings (SSSR count). The van der Waals surface area contributed by atoms with Crippen molar-refractivity contribution in [1.82, 2.24) is 14.4 Å². The van der Waals surface area contributed by atoms with Crippen LogP contribution in [0, 0.1) is 5.82 Å². The Kier molecular flexibility index (Phi) is 5.18. The number of sulfonamides is 1. The molecule has 1 aliphatic heterocycles. The van der Waals surface area contributed by atoms with Gasteiger partial charge in [0.05, 0.1) is 10.9 Å². The van der Waals surface area contributed by atoms with Crippen LogP contribution in [0.2, 0.25) is 5.02 Å². The third-order valence-electron chi connectivity index (χ3n) is 4.73. The second-order valence-electron chi connectivity index (χ2n) is 6.60. The van der Waals surface area contributed by atoms with Crippen LogP contribution < -0.4 is 0 Å². The molecule has 0 N–H and O–H groups in total. The fourth-order valence-corrected chi connectivity index (χ4v) is 5.29. The van der Waals surface area contributed by atoms with Crippen LogP contribution in [0.4, 0.5) is 4.39 Å². The molecular weight excluding hydrogens is 405 g/mol. The Bertz CT molecular complexity index is 1090. The largest absolute Gasteiger partial charge is 0.339 e. The number of rotatable bonds is 4. The lowest BCUT2D eigenvalue weighted by Gasteiger charge is -2.30. The van der Waals surface area contributed by atoms with Crippen LogP contribution in [0.25, 0.3) is 11.4 Å². The monoisotopic (exact) mass is 421 g/mol. The maximum absolute atomic E-state index is 13.1. The van der Waals surface area contributed by atoms with Crippen LogP contribution in [0.3, 0.4) is 0 Å². The first-order chi connectivity index (χ1) is 13.4. The molecule has 1 aliphatic rings. The quantitative estimate of drug-likeness (QED) is 0.634. The van der Waals surface area contributed by atoms with E-state index in [0.29, 0.717) is 30.2 Å². The molecule has 9 heteroatoms. The van der Waals surface area contributed by atoms with E-state index in [1.54, 1.807) is 30.3 Å². The van der Waals surface area contributed by atoms with Gasteiger partial charge >= 0.3 is 0 Å². The lowest BCUT2D eigenvalue weighted by Crippen LogP contribution is -2.39. The zero-order valence-corrected chi connectivity index (χ0v) is 16.3. The summed E-state index contributed by atoms with van der Waals surface area (Å²) >= 11 is 6.09. The highest BCUT2D eigenvalue weighted by Crippen LogP contribution is 2.32. The van der Waals surface area contributed by atoms with Gasteiger partial charge in [0.2, 0.25) is 21.7 Å². The summed E-state index contributed by atoms with van der Waals surface area (Å²) < 4.78 is 45.8. The topological polar surface area (TPSA) is 76.3 Å². The average Bonchev–Trinajstić information content (AvgIpc) is 3.19. The molecule has 2 aromatic carbocycles. The van der Waals surface area contributed by atoms with E-state index in [2.05, 4.69) is 10.1 Å². The van der Waals surface area contributed by atoms with Gasteiger partial charge in [-0.15, -0.1) is 0 Å². The standard InChI is InChI=1S/C19H17ClFN3O3S/c20-16-5-1-2-6-17(16)28(25,26)24-11-3-4-14(12-24)19-22-18(23-27-19)13-7-9-15(21)10-8-13/h1-2,5-10,14H,3-4,11-12H2/t14-/m1/s1. The highest BCUT2D eigenvalue weighted by Gasteiger charge is 2.34. The van der Waals surface area contributed by atoms with E-state index < -0.39 is 10.0 Å². The van der Waals surface area contributed by atoms with E-state index >= 15 is 0 Å². The van der Waals surface area contributed by atoms with Gasteiger partial charge in [0.15, 0.2) is 0 Å². The molecule has 0 radical (unpaired) electrons. The minimum absolute atomic E-state index is 0.0925. The van der Waals surface area contributed by atoms with E-state index in [4.69, 9.17) is 16.1 Å². The second kappa shape index (κ2) is 7.62. The molecule has 3 aromatic rings. The van der Waals surface area contributed by atoms with Crippen molar-refractivity contribution in [2.45, 2.75) is 23.7 Å². The fourth-order valence-electron chi connectivity index (χ4n) is 3.27. The molecule has 0 amide bonds. The van der Waals surface area contributed by atoms with Crippen LogP contribution in [-0.2, 0) is 10.0 Å². The SMILES string of the molecule is O=S(=O)(c1ccccc1Cl)N1CCC[C@@H](c2nc(-c3ccc(F)cc3)no2)C1. The first kappa shape index (κ1) is 19.0. The Morgan fingerprint density at radius 1 is 1.14 bits per heavy atom. The molecule has 146 valence electrons. The van der Waals surface area contributed by atoms with Crippen LogP contribution in [0.1, 0.15) is 24.7 Å². The summed E-state index contributed by atoms with van der Waals surface area (Å²) in [5.74, 6) is 0.160. The van der Waals surface area contributed by atoms with E-state index in [0.717, 1.165) is 6.42 Å². The summed E-state index contributed by atoms with van der Waals surface area (Å²) in [5, 5.41) is 4.15. The maximum atomic E-state index is 13.1. The zero-order chi connectivity index (χ0) is 19.7. The molecule has 0 aliphatic carbocycles. The number of piperidine rings is 1. The Hall–Kier alpha value is -2.29. The van der Waals surface area contributed by atoms with Gasteiger partial charge in [-0.2, -0.15) is 9.29 Å². The molecule has 28 heavy (non-hydrogen) atoms. The van der Waals surface area contributed by atoms with Gasteiger partial charge in [-0.05, 0) is 49.2 Å². The first-order valence-corrected chi connectivity index (χ1v) is 10.6. The molecule has 0 spiro atoms. The minimum Gasteiger partial charge on any atom is -0.339 e.